The van der Waals surface area contributed by atoms with E-state index in [1.54, 1.807) is 0 Å². The van der Waals surface area contributed by atoms with Crippen LogP contribution < -0.4 is 0 Å². The van der Waals surface area contributed by atoms with Crippen molar-refractivity contribution in [3.8, 4) is 0 Å². The summed E-state index contributed by atoms with van der Waals surface area (Å²) < 4.78 is 169. The minimum atomic E-state index is -4.72. The van der Waals surface area contributed by atoms with Gasteiger partial charge >= 0.3 is 125 Å². The molecular weight excluding hydrogens is 1310 g/mol. The Hall–Kier alpha value is 4.03. The van der Waals surface area contributed by atoms with Gasteiger partial charge < -0.3 is 99.1 Å². The summed E-state index contributed by atoms with van der Waals surface area (Å²) in [6, 6.07) is 0. The molecule has 47 heteroatoms. The lowest BCUT2D eigenvalue weighted by molar-refractivity contribution is 0.0593. The van der Waals surface area contributed by atoms with E-state index in [0.29, 0.717) is 0 Å². The average Bonchev–Trinajstić information content (AvgIpc) is 3.37. The molecule has 4 radical (unpaired) electrons. The van der Waals surface area contributed by atoms with Crippen molar-refractivity contribution in [2.75, 3.05) is 6.23 Å². The van der Waals surface area contributed by atoms with Crippen LogP contribution >= 0.6 is 0 Å². The van der Waals surface area contributed by atoms with Crippen molar-refractivity contribution in [2.45, 2.75) is 143 Å². The molecule has 0 aromatic heterocycles. The summed E-state index contributed by atoms with van der Waals surface area (Å²) in [5.74, 6) is 0. The molecule has 6 fully saturated rings. The first-order valence-electron chi connectivity index (χ1n) is 23.6. The van der Waals surface area contributed by atoms with E-state index in [1.807, 2.05) is 78.6 Å². The van der Waals surface area contributed by atoms with Gasteiger partial charge in [0.1, 0.15) is 6.23 Å². The Labute approximate surface area is 449 Å². The highest BCUT2D eigenvalue weighted by atomic mass is 29.3. The van der Waals surface area contributed by atoms with Crippen LogP contribution in [0, 0.1) is 0 Å². The van der Waals surface area contributed by atoms with Gasteiger partial charge in [0.25, 0.3) is 27.4 Å². The molecule has 0 aromatic carbocycles. The van der Waals surface area contributed by atoms with Crippen molar-refractivity contribution < 1.29 is 99.1 Å². The lowest BCUT2D eigenvalue weighted by Gasteiger charge is -2.48. The third-order valence-corrected chi connectivity index (χ3v) is 99.2. The van der Waals surface area contributed by atoms with Gasteiger partial charge in [-0.2, -0.15) is 0 Å². The molecule has 0 saturated carbocycles. The molecule has 0 amide bonds. The first-order chi connectivity index (χ1) is 32.0. The topological polar surface area (TPSA) is 222 Å². The van der Waals surface area contributed by atoms with Crippen LogP contribution in [0.15, 0.2) is 0 Å². The predicted molar refractivity (Wildman–Crippen MR) is 307 cm³/mol. The number of rotatable bonds is 12. The highest BCUT2D eigenvalue weighted by Crippen LogP contribution is 2.43. The van der Waals surface area contributed by atoms with Crippen molar-refractivity contribution in [3.63, 3.8) is 0 Å². The molecule has 6 aliphatic heterocycles. The second-order valence-corrected chi connectivity index (χ2v) is 94.4. The lowest BCUT2D eigenvalue weighted by Crippen LogP contribution is -2.74. The second kappa shape index (κ2) is 24.2. The average molecular weight is 1380 g/mol. The molecule has 3 spiro atoms. The smallest absolute Gasteiger partial charge is 0.441 e. The summed E-state index contributed by atoms with van der Waals surface area (Å²) in [6.07, 6.45) is 0.0158. The molecule has 6 aliphatic rings. The Morgan fingerprint density at radius 3 is 2.00 bits per heavy atom. The summed E-state index contributed by atoms with van der Waals surface area (Å²) in [4.78, 5) is 0. The van der Waals surface area contributed by atoms with E-state index in [9.17, 15) is 0 Å². The number of fused-ring (bicyclic) bond motifs is 5. The van der Waals surface area contributed by atoms with Gasteiger partial charge in [-0.05, 0) is 98.2 Å². The molecule has 6 saturated heterocycles. The maximum Gasteiger partial charge on any atom is 0.646 e. The van der Waals surface area contributed by atoms with Crippen molar-refractivity contribution >= 4 is 205 Å². The van der Waals surface area contributed by atoms with Crippen molar-refractivity contribution in [3.05, 3.63) is 0 Å². The molecule has 0 aromatic rings. The number of hydrogen-bond acceptors (Lipinski definition) is 24. The van der Waals surface area contributed by atoms with Crippen LogP contribution in [0.25, 0.3) is 0 Å². The van der Waals surface area contributed by atoms with Crippen LogP contribution in [0.3, 0.4) is 0 Å². The molecule has 15 unspecified atom stereocenters. The molecule has 406 valence electrons. The van der Waals surface area contributed by atoms with E-state index >= 15 is 0 Å². The highest BCUT2D eigenvalue weighted by Gasteiger charge is 2.75. The zero-order chi connectivity index (χ0) is 52.1. The van der Waals surface area contributed by atoms with E-state index in [4.69, 9.17) is 99.1 Å². The van der Waals surface area contributed by atoms with E-state index in [-0.39, 0.29) is 31.4 Å². The monoisotopic (exact) mass is 1380 g/mol. The maximum absolute atomic E-state index is 7.57. The second-order valence-electron chi connectivity index (χ2n) is 20.9. The molecule has 24 nitrogen and oxygen atoms in total. The van der Waals surface area contributed by atoms with Crippen LogP contribution in [0.5, 0.6) is 0 Å². The van der Waals surface area contributed by atoms with Crippen LogP contribution in [-0.4, -0.2) is 211 Å². The molecule has 15 atom stereocenters. The van der Waals surface area contributed by atoms with Crippen LogP contribution in [-0.2, 0) is 99.1 Å². The highest BCUT2D eigenvalue weighted by molar-refractivity contribution is 7.32. The van der Waals surface area contributed by atoms with Gasteiger partial charge in [0.15, 0.2) is 27.1 Å². The largest absolute Gasteiger partial charge is 0.646 e. The van der Waals surface area contributed by atoms with Gasteiger partial charge in [0.05, 0.1) is 7.59 Å². The van der Waals surface area contributed by atoms with Gasteiger partial charge in [-0.3, -0.25) is 0 Å². The summed E-state index contributed by atoms with van der Waals surface area (Å²) >= 11 is 0. The first-order valence-corrected chi connectivity index (χ1v) is 75.4. The van der Waals surface area contributed by atoms with Gasteiger partial charge in [0, 0.05) is 25.3 Å². The Kier molecular flexibility index (Phi) is 21.9. The minimum absolute atomic E-state index is 0.0158. The van der Waals surface area contributed by atoms with E-state index < -0.39 is 186 Å². The third-order valence-electron chi connectivity index (χ3n) is 9.98. The van der Waals surface area contributed by atoms with Crippen LogP contribution in [0.4, 0.5) is 0 Å². The third kappa shape index (κ3) is 17.8. The zero-order valence-electron chi connectivity index (χ0n) is 44.6. The van der Waals surface area contributed by atoms with E-state index in [0.717, 1.165) is 0 Å². The summed E-state index contributed by atoms with van der Waals surface area (Å²) in [5, 5.41) is 0. The summed E-state index contributed by atoms with van der Waals surface area (Å²) in [7, 11) is -64.5. The zero-order valence-corrected chi connectivity index (χ0v) is 69.3. The van der Waals surface area contributed by atoms with Crippen molar-refractivity contribution in [1.82, 2.24) is 0 Å². The maximum atomic E-state index is 7.57. The molecule has 0 aliphatic carbocycles. The summed E-state index contributed by atoms with van der Waals surface area (Å²) in [6.45, 7) is 42.5. The molecular formula is C23H78O24Si23. The van der Waals surface area contributed by atoms with Gasteiger partial charge in [-0.1, -0.05) is 19.6 Å². The Balaban J connectivity index is 1.61. The standard InChI is InChI=1S/C23H78O24Si23/c1-48-25-52(5)27-55(8)58-29-54(7)34-66(20)44-65(19,31-50(2)3)40-60-41-67(21)45-69(60)23-49-26-68(36-57(35-64(17,18)43-68)30-56(37-69)28-53(6)32-61(9,10)11)22-24-51(4)33-63(15,16)39-59(62(12,13)14)42-70(38-58,46-66)47-67/h48,50-57,59-60H,22-23H2,1-21H3. The van der Waals surface area contributed by atoms with E-state index in [1.165, 1.54) is 0 Å². The predicted octanol–water partition coefficient (Wildman–Crippen LogP) is -0.582. The summed E-state index contributed by atoms with van der Waals surface area (Å²) in [5.41, 5.74) is 0.208. The minimum Gasteiger partial charge on any atom is -0.441 e. The Morgan fingerprint density at radius 2 is 1.37 bits per heavy atom. The normalized spacial score (nSPS) is 42.8. The number of hydrogen-bond donors (Lipinski definition) is 0. The Bertz CT molecular complexity index is 1760. The fourth-order valence-corrected chi connectivity index (χ4v) is 121. The van der Waals surface area contributed by atoms with Crippen LogP contribution in [0.2, 0.25) is 143 Å². The molecule has 0 N–H and O–H groups in total. The van der Waals surface area contributed by atoms with Crippen molar-refractivity contribution in [2.24, 2.45) is 0 Å². The lowest BCUT2D eigenvalue weighted by atomic mass is 11.7. The molecule has 6 heterocycles. The fraction of sp³-hybridized carbons (Fsp3) is 1.00. The quantitative estimate of drug-likeness (QED) is 0.223. The molecule has 70 heavy (non-hydrogen) atoms. The Morgan fingerprint density at radius 1 is 0.700 bits per heavy atom. The van der Waals surface area contributed by atoms with Gasteiger partial charge in [0.2, 0.25) is 18.3 Å². The molecule has 6 rings (SSSR count). The SMILES string of the molecule is C[SiH]O[SiH](C)O[SiH](C)[Si]1O[SiH](C)O[Si]2(C)O[Si](C)(O[SiH](C)C)O[SiH]3O[Si]4(C)O[Si](O1)(O[SiH]([Si](C)(C)C)O[Si](C)(C)O[SiH](C)OC[Si]15O[Si]C[Si]3(O[SiH](O[SiH](C)O[Si](C)(C)C)O[SiH](O[Si](C)(C)O1)O5)O4)O2. The first kappa shape index (κ1) is 63.2. The van der Waals surface area contributed by atoms with Crippen LogP contribution in [0.1, 0.15) is 0 Å². The van der Waals surface area contributed by atoms with E-state index in [2.05, 4.69) is 58.9 Å². The van der Waals surface area contributed by atoms with Crippen molar-refractivity contribution in [1.29, 1.82) is 0 Å². The fourth-order valence-electron chi connectivity index (χ4n) is 7.88. The molecule has 7 bridgehead atoms. The van der Waals surface area contributed by atoms with Gasteiger partial charge in [-0.15, -0.1) is 0 Å². The van der Waals surface area contributed by atoms with Gasteiger partial charge in [-0.25, -0.2) is 0 Å².